The number of ether oxygens (including phenoxy) is 1. The molecule has 0 aliphatic heterocycles. The second-order valence-corrected chi connectivity index (χ2v) is 5.61. The first kappa shape index (κ1) is 17.9. The average molecular weight is 348 g/mol. The van der Waals surface area contributed by atoms with Crippen molar-refractivity contribution in [1.82, 2.24) is 0 Å². The molecule has 0 heterocycles. The third-order valence-corrected chi connectivity index (χ3v) is 3.37. The predicted molar refractivity (Wildman–Crippen MR) is 85.3 cm³/mol. The lowest BCUT2D eigenvalue weighted by Crippen LogP contribution is -2.11. The van der Waals surface area contributed by atoms with Gasteiger partial charge in [-0.25, -0.2) is 4.79 Å². The predicted octanol–water partition coefficient (Wildman–Crippen LogP) is 2.27. The Balaban J connectivity index is 2.39. The number of hydrogen-bond donors (Lipinski definition) is 5. The van der Waals surface area contributed by atoms with Crippen LogP contribution in [0, 0.1) is 5.92 Å². The highest BCUT2D eigenvalue weighted by molar-refractivity contribution is 5.99. The number of carbonyl (C=O) groups is 2. The first-order chi connectivity index (χ1) is 11.6. The molecule has 8 nitrogen and oxygen atoms in total. The third kappa shape index (κ3) is 3.57. The summed E-state index contributed by atoms with van der Waals surface area (Å²) in [6.45, 7) is 3.28. The molecule has 0 aliphatic rings. The second kappa shape index (κ2) is 6.60. The van der Waals surface area contributed by atoms with Crippen LogP contribution in [0.2, 0.25) is 0 Å². The van der Waals surface area contributed by atoms with Crippen molar-refractivity contribution in [3.8, 4) is 34.5 Å². The van der Waals surface area contributed by atoms with Crippen LogP contribution in [0.3, 0.4) is 0 Å². The number of benzene rings is 2. The van der Waals surface area contributed by atoms with Crippen molar-refractivity contribution in [3.63, 3.8) is 0 Å². The van der Waals surface area contributed by atoms with Gasteiger partial charge in [-0.05, 0) is 24.3 Å². The number of rotatable bonds is 4. The van der Waals surface area contributed by atoms with Crippen molar-refractivity contribution in [2.24, 2.45) is 5.92 Å². The van der Waals surface area contributed by atoms with Gasteiger partial charge in [0.05, 0.1) is 5.56 Å². The SMILES string of the molecule is CC(C)C(=O)c1cc(O)c(O)c(OC(=O)c2cc(O)c(O)c(O)c2)c1. The van der Waals surface area contributed by atoms with Gasteiger partial charge in [-0.15, -0.1) is 0 Å². The number of aromatic hydroxyl groups is 5. The molecule has 0 saturated carbocycles. The molecule has 2 rings (SSSR count). The highest BCUT2D eigenvalue weighted by Crippen LogP contribution is 2.39. The smallest absolute Gasteiger partial charge is 0.343 e. The number of phenolic OH excluding ortho intramolecular Hbond substituents is 5. The van der Waals surface area contributed by atoms with Gasteiger partial charge >= 0.3 is 5.97 Å². The molecular weight excluding hydrogens is 332 g/mol. The minimum atomic E-state index is -1.10. The first-order valence-corrected chi connectivity index (χ1v) is 7.19. The molecule has 0 radical (unpaired) electrons. The van der Waals surface area contributed by atoms with E-state index in [4.69, 9.17) is 4.74 Å². The van der Waals surface area contributed by atoms with Gasteiger partial charge in [0.2, 0.25) is 5.75 Å². The zero-order valence-electron chi connectivity index (χ0n) is 13.3. The lowest BCUT2D eigenvalue weighted by atomic mass is 10.0. The normalized spacial score (nSPS) is 10.7. The second-order valence-electron chi connectivity index (χ2n) is 5.61. The van der Waals surface area contributed by atoms with E-state index in [0.717, 1.165) is 24.3 Å². The summed E-state index contributed by atoms with van der Waals surface area (Å²) in [6.07, 6.45) is 0. The molecule has 0 unspecified atom stereocenters. The zero-order chi connectivity index (χ0) is 18.9. The van der Waals surface area contributed by atoms with Crippen LogP contribution in [0.25, 0.3) is 0 Å². The Morgan fingerprint density at radius 3 is 1.80 bits per heavy atom. The van der Waals surface area contributed by atoms with Crippen molar-refractivity contribution in [2.45, 2.75) is 13.8 Å². The Morgan fingerprint density at radius 2 is 1.28 bits per heavy atom. The van der Waals surface area contributed by atoms with E-state index in [1.165, 1.54) is 0 Å². The summed E-state index contributed by atoms with van der Waals surface area (Å²) in [4.78, 5) is 24.1. The Labute approximate surface area is 142 Å². The molecule has 25 heavy (non-hydrogen) atoms. The fourth-order valence-corrected chi connectivity index (χ4v) is 2.03. The van der Waals surface area contributed by atoms with E-state index in [1.54, 1.807) is 13.8 Å². The summed E-state index contributed by atoms with van der Waals surface area (Å²) in [5, 5.41) is 47.6. The summed E-state index contributed by atoms with van der Waals surface area (Å²) in [5.41, 5.74) is -0.295. The van der Waals surface area contributed by atoms with Crippen LogP contribution in [-0.2, 0) is 0 Å². The molecular formula is C17H16O8. The lowest BCUT2D eigenvalue weighted by molar-refractivity contribution is 0.0726. The fraction of sp³-hybridized carbons (Fsp3) is 0.176. The van der Waals surface area contributed by atoms with Crippen LogP contribution >= 0.6 is 0 Å². The van der Waals surface area contributed by atoms with Gasteiger partial charge in [0.25, 0.3) is 0 Å². The van der Waals surface area contributed by atoms with Gasteiger partial charge in [-0.1, -0.05) is 13.8 Å². The summed E-state index contributed by atoms with van der Waals surface area (Å²) < 4.78 is 4.93. The molecule has 0 aliphatic carbocycles. The zero-order valence-corrected chi connectivity index (χ0v) is 13.3. The Kier molecular flexibility index (Phi) is 4.73. The minimum absolute atomic E-state index is 0.0319. The topological polar surface area (TPSA) is 145 Å². The Bertz CT molecular complexity index is 831. The van der Waals surface area contributed by atoms with Gasteiger partial charge in [0.1, 0.15) is 0 Å². The summed E-state index contributed by atoms with van der Waals surface area (Å²) in [5.74, 6) is -6.00. The summed E-state index contributed by atoms with van der Waals surface area (Å²) in [7, 11) is 0. The van der Waals surface area contributed by atoms with Gasteiger partial charge in [-0.2, -0.15) is 0 Å². The van der Waals surface area contributed by atoms with Crippen LogP contribution in [-0.4, -0.2) is 37.3 Å². The molecule has 5 N–H and O–H groups in total. The quantitative estimate of drug-likeness (QED) is 0.245. The standard InChI is InChI=1S/C17H16O8/c1-7(2)14(21)8-3-12(20)16(23)13(6-8)25-17(24)9-4-10(18)15(22)11(19)5-9/h3-7,18-20,22-23H,1-2H3. The molecule has 2 aromatic carbocycles. The van der Waals surface area contributed by atoms with Gasteiger partial charge < -0.3 is 30.3 Å². The number of hydrogen-bond acceptors (Lipinski definition) is 8. The third-order valence-electron chi connectivity index (χ3n) is 3.37. The van der Waals surface area contributed by atoms with Crippen LogP contribution in [0.15, 0.2) is 24.3 Å². The molecule has 0 amide bonds. The molecule has 132 valence electrons. The van der Waals surface area contributed by atoms with Crippen molar-refractivity contribution in [1.29, 1.82) is 0 Å². The van der Waals surface area contributed by atoms with Crippen LogP contribution in [0.5, 0.6) is 34.5 Å². The number of carbonyl (C=O) groups excluding carboxylic acids is 2. The van der Waals surface area contributed by atoms with E-state index >= 15 is 0 Å². The Hall–Kier alpha value is -3.42. The minimum Gasteiger partial charge on any atom is -0.504 e. The highest BCUT2D eigenvalue weighted by atomic mass is 16.5. The molecule has 0 fully saturated rings. The van der Waals surface area contributed by atoms with E-state index < -0.39 is 46.4 Å². The molecule has 8 heteroatoms. The van der Waals surface area contributed by atoms with E-state index in [1.807, 2.05) is 0 Å². The summed E-state index contributed by atoms with van der Waals surface area (Å²) in [6, 6.07) is 3.83. The van der Waals surface area contributed by atoms with Gasteiger partial charge in [-0.3, -0.25) is 4.79 Å². The van der Waals surface area contributed by atoms with Gasteiger partial charge in [0, 0.05) is 11.5 Å². The number of phenols is 5. The highest BCUT2D eigenvalue weighted by Gasteiger charge is 2.21. The molecule has 0 spiro atoms. The maximum Gasteiger partial charge on any atom is 0.343 e. The van der Waals surface area contributed by atoms with Crippen LogP contribution in [0.4, 0.5) is 0 Å². The first-order valence-electron chi connectivity index (χ1n) is 7.19. The maximum absolute atomic E-state index is 12.1. The summed E-state index contributed by atoms with van der Waals surface area (Å²) >= 11 is 0. The van der Waals surface area contributed by atoms with Crippen LogP contribution in [0.1, 0.15) is 34.6 Å². The molecule has 0 bridgehead atoms. The average Bonchev–Trinajstić information content (AvgIpc) is 2.55. The van der Waals surface area contributed by atoms with Crippen molar-refractivity contribution in [3.05, 3.63) is 35.4 Å². The van der Waals surface area contributed by atoms with Gasteiger partial charge in [0.15, 0.2) is 34.5 Å². The van der Waals surface area contributed by atoms with E-state index in [0.29, 0.717) is 0 Å². The largest absolute Gasteiger partial charge is 0.504 e. The molecule has 0 saturated heterocycles. The lowest BCUT2D eigenvalue weighted by Gasteiger charge is -2.11. The van der Waals surface area contributed by atoms with E-state index in [2.05, 4.69) is 0 Å². The van der Waals surface area contributed by atoms with E-state index in [-0.39, 0.29) is 16.9 Å². The van der Waals surface area contributed by atoms with Crippen LogP contribution < -0.4 is 4.74 Å². The number of esters is 1. The Morgan fingerprint density at radius 1 is 0.800 bits per heavy atom. The molecule has 0 atom stereocenters. The molecule has 2 aromatic rings. The monoisotopic (exact) mass is 348 g/mol. The number of Topliss-reactive ketones (excluding diaryl/α,β-unsaturated/α-hetero) is 1. The van der Waals surface area contributed by atoms with Crippen molar-refractivity contribution >= 4 is 11.8 Å². The fourth-order valence-electron chi connectivity index (χ4n) is 2.03. The van der Waals surface area contributed by atoms with Crippen molar-refractivity contribution < 1.29 is 39.9 Å². The van der Waals surface area contributed by atoms with Crippen molar-refractivity contribution in [2.75, 3.05) is 0 Å². The number of ketones is 1. The maximum atomic E-state index is 12.1. The molecule has 0 aromatic heterocycles. The van der Waals surface area contributed by atoms with E-state index in [9.17, 15) is 35.1 Å².